The third-order valence-electron chi connectivity index (χ3n) is 4.04. The van der Waals surface area contributed by atoms with Crippen molar-refractivity contribution >= 4 is 38.3 Å². The highest BCUT2D eigenvalue weighted by Gasteiger charge is 2.20. The zero-order valence-electron chi connectivity index (χ0n) is 14.5. The summed E-state index contributed by atoms with van der Waals surface area (Å²) in [6, 6.07) is 9.76. The zero-order valence-corrected chi connectivity index (χ0v) is 15.3. The molecule has 2 heterocycles. The van der Waals surface area contributed by atoms with Crippen molar-refractivity contribution in [1.29, 1.82) is 0 Å². The molecular weight excluding hydrogens is 382 g/mol. The molecule has 1 N–H and O–H groups in total. The lowest BCUT2D eigenvalue weighted by Gasteiger charge is -2.06. The second kappa shape index (κ2) is 7.08. The number of nitrogens with one attached hydrogen (secondary N) is 1. The Kier molecular flexibility index (Phi) is 4.45. The summed E-state index contributed by atoms with van der Waals surface area (Å²) in [5.74, 6) is 0.118. The first-order valence-electron chi connectivity index (χ1n) is 8.08. The number of hydrogen-bond acceptors (Lipinski definition) is 7. The normalized spacial score (nSPS) is 10.8. The molecule has 9 nitrogen and oxygen atoms in total. The van der Waals surface area contributed by atoms with Gasteiger partial charge in [-0.3, -0.25) is 20.2 Å². The lowest BCUT2D eigenvalue weighted by molar-refractivity contribution is -0.384. The van der Waals surface area contributed by atoms with Crippen LogP contribution in [0.4, 0.5) is 10.8 Å². The molecule has 0 bridgehead atoms. The topological polar surface area (TPSA) is 112 Å². The van der Waals surface area contributed by atoms with E-state index in [-0.39, 0.29) is 11.3 Å². The van der Waals surface area contributed by atoms with Gasteiger partial charge in [-0.05, 0) is 24.3 Å². The van der Waals surface area contributed by atoms with Crippen molar-refractivity contribution in [1.82, 2.24) is 14.5 Å². The van der Waals surface area contributed by atoms with Crippen molar-refractivity contribution in [2.45, 2.75) is 0 Å². The predicted molar refractivity (Wildman–Crippen MR) is 104 cm³/mol. The molecule has 0 saturated heterocycles. The maximum atomic E-state index is 12.6. The molecule has 0 unspecified atom stereocenters. The van der Waals surface area contributed by atoms with Crippen LogP contribution in [0.25, 0.3) is 15.9 Å². The number of aromatic nitrogens is 3. The van der Waals surface area contributed by atoms with E-state index >= 15 is 0 Å². The van der Waals surface area contributed by atoms with Gasteiger partial charge in [0.05, 0.1) is 23.1 Å². The highest BCUT2D eigenvalue weighted by atomic mass is 32.1. The fraction of sp³-hybridized carbons (Fsp3) is 0.0556. The molecule has 2 aromatic carbocycles. The van der Waals surface area contributed by atoms with E-state index in [4.69, 9.17) is 4.74 Å². The molecule has 0 fully saturated rings. The highest BCUT2D eigenvalue weighted by molar-refractivity contribution is 7.22. The summed E-state index contributed by atoms with van der Waals surface area (Å²) in [6.07, 6.45) is 4.57. The number of nitro groups is 1. The van der Waals surface area contributed by atoms with Crippen molar-refractivity contribution in [3.8, 4) is 11.4 Å². The standard InChI is InChI=1S/C18H13N5O4S/c1-27-14-3-2-4-15-16(14)20-18(28-15)21-17(24)11-5-6-12(13(9-11)23(25)26)22-8-7-19-10-22/h2-10H,1H3,(H,20,21,24). The fourth-order valence-electron chi connectivity index (χ4n) is 2.74. The molecule has 0 aliphatic heterocycles. The number of amides is 1. The number of nitro benzene ring substituents is 1. The van der Waals surface area contributed by atoms with E-state index in [1.54, 1.807) is 19.4 Å². The Morgan fingerprint density at radius 2 is 2.18 bits per heavy atom. The number of thiazole rings is 1. The smallest absolute Gasteiger partial charge is 0.294 e. The Hall–Kier alpha value is -3.79. The first-order chi connectivity index (χ1) is 13.6. The van der Waals surface area contributed by atoms with Gasteiger partial charge in [0, 0.05) is 24.0 Å². The number of anilines is 1. The SMILES string of the molecule is COc1cccc2sc(NC(=O)c3ccc(-n4ccnc4)c([N+](=O)[O-])c3)nc12. The largest absolute Gasteiger partial charge is 0.494 e. The molecule has 140 valence electrons. The molecule has 0 spiro atoms. The number of rotatable bonds is 5. The van der Waals surface area contributed by atoms with Gasteiger partial charge in [-0.15, -0.1) is 0 Å². The van der Waals surface area contributed by atoms with Crippen LogP contribution in [0, 0.1) is 10.1 Å². The zero-order chi connectivity index (χ0) is 19.7. The summed E-state index contributed by atoms with van der Waals surface area (Å²) >= 11 is 1.29. The van der Waals surface area contributed by atoms with E-state index in [1.165, 1.54) is 46.6 Å². The van der Waals surface area contributed by atoms with E-state index < -0.39 is 10.8 Å². The summed E-state index contributed by atoms with van der Waals surface area (Å²) in [5.41, 5.74) is 0.925. The van der Waals surface area contributed by atoms with E-state index in [1.807, 2.05) is 12.1 Å². The maximum absolute atomic E-state index is 12.6. The Morgan fingerprint density at radius 1 is 1.32 bits per heavy atom. The van der Waals surface area contributed by atoms with E-state index in [2.05, 4.69) is 15.3 Å². The second-order valence-corrected chi connectivity index (χ2v) is 6.74. The Balaban J connectivity index is 1.65. The Morgan fingerprint density at radius 3 is 2.89 bits per heavy atom. The van der Waals surface area contributed by atoms with Crippen molar-refractivity contribution in [2.24, 2.45) is 0 Å². The van der Waals surface area contributed by atoms with Gasteiger partial charge in [-0.1, -0.05) is 17.4 Å². The van der Waals surface area contributed by atoms with E-state index in [0.717, 1.165) is 4.70 Å². The number of imidazole rings is 1. The van der Waals surface area contributed by atoms with Crippen molar-refractivity contribution in [2.75, 3.05) is 12.4 Å². The quantitative estimate of drug-likeness (QED) is 0.408. The molecule has 0 saturated carbocycles. The van der Waals surface area contributed by atoms with Gasteiger partial charge in [-0.25, -0.2) is 9.97 Å². The number of carbonyl (C=O) groups is 1. The van der Waals surface area contributed by atoms with E-state index in [0.29, 0.717) is 22.1 Å². The van der Waals surface area contributed by atoms with Gasteiger partial charge in [-0.2, -0.15) is 0 Å². The second-order valence-electron chi connectivity index (χ2n) is 5.71. The summed E-state index contributed by atoms with van der Waals surface area (Å²) in [5, 5.41) is 14.5. The van der Waals surface area contributed by atoms with Crippen LogP contribution in [-0.4, -0.2) is 32.5 Å². The first kappa shape index (κ1) is 17.6. The first-order valence-corrected chi connectivity index (χ1v) is 8.90. The number of hydrogen-bond donors (Lipinski definition) is 1. The summed E-state index contributed by atoms with van der Waals surface area (Å²) in [7, 11) is 1.55. The van der Waals surface area contributed by atoms with Crippen LogP contribution in [0.5, 0.6) is 5.75 Å². The Bertz CT molecular complexity index is 1190. The summed E-state index contributed by atoms with van der Waals surface area (Å²) in [6.45, 7) is 0. The number of carbonyl (C=O) groups excluding carboxylic acids is 1. The molecule has 1 amide bonds. The fourth-order valence-corrected chi connectivity index (χ4v) is 3.62. The monoisotopic (exact) mass is 395 g/mol. The van der Waals surface area contributed by atoms with Gasteiger partial charge < -0.3 is 9.30 Å². The minimum atomic E-state index is -0.533. The van der Waals surface area contributed by atoms with Gasteiger partial charge in [0.1, 0.15) is 17.0 Å². The van der Waals surface area contributed by atoms with Gasteiger partial charge in [0.25, 0.3) is 11.6 Å². The van der Waals surface area contributed by atoms with Crippen molar-refractivity contribution < 1.29 is 14.5 Å². The lowest BCUT2D eigenvalue weighted by Crippen LogP contribution is -2.12. The number of benzene rings is 2. The van der Waals surface area contributed by atoms with Crippen LogP contribution >= 0.6 is 11.3 Å². The molecule has 2 aromatic heterocycles. The number of nitrogens with zero attached hydrogens (tertiary/aromatic N) is 4. The summed E-state index contributed by atoms with van der Waals surface area (Å²) in [4.78, 5) is 31.8. The molecule has 4 rings (SSSR count). The van der Waals surface area contributed by atoms with Crippen LogP contribution < -0.4 is 10.1 Å². The molecule has 0 radical (unpaired) electrons. The number of ether oxygens (including phenoxy) is 1. The minimum Gasteiger partial charge on any atom is -0.494 e. The average molecular weight is 395 g/mol. The summed E-state index contributed by atoms with van der Waals surface area (Å²) < 4.78 is 7.64. The molecule has 28 heavy (non-hydrogen) atoms. The molecule has 0 aliphatic carbocycles. The van der Waals surface area contributed by atoms with Crippen LogP contribution in [0.2, 0.25) is 0 Å². The third kappa shape index (κ3) is 3.16. The molecule has 4 aromatic rings. The number of para-hydroxylation sites is 1. The van der Waals surface area contributed by atoms with Gasteiger partial charge >= 0.3 is 0 Å². The number of fused-ring (bicyclic) bond motifs is 1. The molecule has 10 heteroatoms. The van der Waals surface area contributed by atoms with Crippen molar-refractivity contribution in [3.63, 3.8) is 0 Å². The Labute approximate surface area is 162 Å². The van der Waals surface area contributed by atoms with Gasteiger partial charge in [0.15, 0.2) is 5.13 Å². The molecule has 0 aliphatic rings. The number of methoxy groups -OCH3 is 1. The van der Waals surface area contributed by atoms with Crippen LogP contribution in [0.1, 0.15) is 10.4 Å². The van der Waals surface area contributed by atoms with Gasteiger partial charge in [0.2, 0.25) is 0 Å². The molecule has 0 atom stereocenters. The van der Waals surface area contributed by atoms with Crippen LogP contribution in [0.3, 0.4) is 0 Å². The lowest BCUT2D eigenvalue weighted by atomic mass is 10.1. The van der Waals surface area contributed by atoms with Crippen LogP contribution in [-0.2, 0) is 0 Å². The van der Waals surface area contributed by atoms with E-state index in [9.17, 15) is 14.9 Å². The molecular formula is C18H13N5O4S. The highest BCUT2D eigenvalue weighted by Crippen LogP contribution is 2.32. The predicted octanol–water partition coefficient (Wildman–Crippen LogP) is 3.65. The third-order valence-corrected chi connectivity index (χ3v) is 4.98. The minimum absolute atomic E-state index is 0.154. The maximum Gasteiger partial charge on any atom is 0.294 e. The van der Waals surface area contributed by atoms with Crippen molar-refractivity contribution in [3.05, 3.63) is 70.8 Å². The van der Waals surface area contributed by atoms with Crippen LogP contribution in [0.15, 0.2) is 55.1 Å². The average Bonchev–Trinajstić information content (AvgIpc) is 3.36.